The summed E-state index contributed by atoms with van der Waals surface area (Å²) in [5.74, 6) is -0.692. The van der Waals surface area contributed by atoms with E-state index in [1.165, 1.54) is 18.2 Å². The molecule has 0 amide bonds. The Morgan fingerprint density at radius 1 is 1.07 bits per heavy atom. The number of halogens is 3. The standard InChI is InChI=1S/C17H16F3NO5S/c1-26-15(22)12-7-9-14(10-8-12)27(24,25)21-11-16(23,17(18,19)20)13-5-3-2-4-6-13/h2-10,21,23H,11H2,1H3/t16-/m1/s1. The molecule has 6 nitrogen and oxygen atoms in total. The van der Waals surface area contributed by atoms with Crippen molar-refractivity contribution in [3.05, 3.63) is 65.7 Å². The van der Waals surface area contributed by atoms with Crippen molar-refractivity contribution in [3.8, 4) is 0 Å². The summed E-state index contributed by atoms with van der Waals surface area (Å²) in [4.78, 5) is 11.0. The van der Waals surface area contributed by atoms with Gasteiger partial charge in [-0.15, -0.1) is 0 Å². The van der Waals surface area contributed by atoms with Crippen LogP contribution in [0, 0.1) is 0 Å². The number of carbonyl (C=O) groups is 1. The van der Waals surface area contributed by atoms with Gasteiger partial charge in [0, 0.05) is 0 Å². The van der Waals surface area contributed by atoms with Gasteiger partial charge in [-0.2, -0.15) is 13.2 Å². The second kappa shape index (κ2) is 7.67. The first-order valence-corrected chi connectivity index (χ1v) is 9.02. The molecule has 0 saturated carbocycles. The van der Waals surface area contributed by atoms with Crippen LogP contribution in [0.25, 0.3) is 0 Å². The molecule has 0 unspecified atom stereocenters. The van der Waals surface area contributed by atoms with Gasteiger partial charge >= 0.3 is 12.1 Å². The molecule has 10 heteroatoms. The summed E-state index contributed by atoms with van der Waals surface area (Å²) in [6.45, 7) is -1.32. The molecule has 2 aromatic carbocycles. The average Bonchev–Trinajstić information content (AvgIpc) is 2.65. The van der Waals surface area contributed by atoms with Gasteiger partial charge in [0.2, 0.25) is 10.0 Å². The fourth-order valence-corrected chi connectivity index (χ4v) is 3.31. The summed E-state index contributed by atoms with van der Waals surface area (Å²) < 4.78 is 71.0. The molecular weight excluding hydrogens is 387 g/mol. The van der Waals surface area contributed by atoms with Crippen molar-refractivity contribution >= 4 is 16.0 Å². The lowest BCUT2D eigenvalue weighted by atomic mass is 9.93. The maximum absolute atomic E-state index is 13.4. The highest BCUT2D eigenvalue weighted by Gasteiger charge is 2.55. The molecule has 146 valence electrons. The van der Waals surface area contributed by atoms with Crippen LogP contribution in [0.4, 0.5) is 13.2 Å². The molecule has 0 heterocycles. The summed E-state index contributed by atoms with van der Waals surface area (Å²) in [6.07, 6.45) is -5.12. The van der Waals surface area contributed by atoms with Crippen LogP contribution in [-0.4, -0.2) is 39.3 Å². The van der Waals surface area contributed by atoms with Crippen molar-refractivity contribution in [1.29, 1.82) is 0 Å². The molecule has 0 aliphatic rings. The van der Waals surface area contributed by atoms with Gasteiger partial charge in [-0.1, -0.05) is 30.3 Å². The molecule has 0 bridgehead atoms. The van der Waals surface area contributed by atoms with Crippen LogP contribution in [0.15, 0.2) is 59.5 Å². The molecule has 27 heavy (non-hydrogen) atoms. The average molecular weight is 403 g/mol. The normalized spacial score (nSPS) is 14.4. The van der Waals surface area contributed by atoms with Crippen molar-refractivity contribution in [1.82, 2.24) is 4.72 Å². The van der Waals surface area contributed by atoms with Crippen molar-refractivity contribution in [3.63, 3.8) is 0 Å². The van der Waals surface area contributed by atoms with Crippen LogP contribution in [0.2, 0.25) is 0 Å². The third kappa shape index (κ3) is 4.46. The van der Waals surface area contributed by atoms with E-state index in [4.69, 9.17) is 0 Å². The molecule has 2 N–H and O–H groups in total. The van der Waals surface area contributed by atoms with Crippen LogP contribution < -0.4 is 4.72 Å². The van der Waals surface area contributed by atoms with E-state index in [9.17, 15) is 31.5 Å². The van der Waals surface area contributed by atoms with E-state index in [0.717, 1.165) is 43.5 Å². The molecule has 2 aromatic rings. The number of sulfonamides is 1. The van der Waals surface area contributed by atoms with Crippen LogP contribution in [0.5, 0.6) is 0 Å². The maximum Gasteiger partial charge on any atom is 0.422 e. The Labute approximate surface area is 153 Å². The Kier molecular flexibility index (Phi) is 5.93. The number of esters is 1. The SMILES string of the molecule is COC(=O)c1ccc(S(=O)(=O)NC[C@@](O)(c2ccccc2)C(F)(F)F)cc1. The number of nitrogens with one attached hydrogen (secondary N) is 1. The van der Waals surface area contributed by atoms with Crippen molar-refractivity contribution in [2.75, 3.05) is 13.7 Å². The van der Waals surface area contributed by atoms with Gasteiger partial charge in [0.05, 0.1) is 24.1 Å². The van der Waals surface area contributed by atoms with Gasteiger partial charge < -0.3 is 9.84 Å². The van der Waals surface area contributed by atoms with E-state index in [-0.39, 0.29) is 10.5 Å². The number of carbonyl (C=O) groups excluding carboxylic acids is 1. The minimum Gasteiger partial charge on any atom is -0.465 e. The molecule has 2 rings (SSSR count). The highest BCUT2D eigenvalue weighted by molar-refractivity contribution is 7.89. The summed E-state index contributed by atoms with van der Waals surface area (Å²) in [5, 5.41) is 10.2. The topological polar surface area (TPSA) is 92.7 Å². The van der Waals surface area contributed by atoms with Crippen molar-refractivity contribution < 1.29 is 36.2 Å². The fourth-order valence-electron chi connectivity index (χ4n) is 2.25. The number of hydrogen-bond donors (Lipinski definition) is 2. The van der Waals surface area contributed by atoms with Crippen LogP contribution in [-0.2, 0) is 20.4 Å². The molecular formula is C17H16F3NO5S. The van der Waals surface area contributed by atoms with E-state index in [1.54, 1.807) is 4.72 Å². The summed E-state index contributed by atoms with van der Waals surface area (Å²) in [6, 6.07) is 10.6. The van der Waals surface area contributed by atoms with Crippen molar-refractivity contribution in [2.24, 2.45) is 0 Å². The predicted octanol–water partition coefficient (Wildman–Crippen LogP) is 2.20. The zero-order valence-electron chi connectivity index (χ0n) is 14.0. The highest BCUT2D eigenvalue weighted by atomic mass is 32.2. The second-order valence-corrected chi connectivity index (χ2v) is 7.33. The van der Waals surface area contributed by atoms with E-state index in [2.05, 4.69) is 4.74 Å². The van der Waals surface area contributed by atoms with Crippen molar-refractivity contribution in [2.45, 2.75) is 16.7 Å². The number of benzene rings is 2. The maximum atomic E-state index is 13.4. The Hall–Kier alpha value is -2.43. The monoisotopic (exact) mass is 403 g/mol. The summed E-state index contributed by atoms with van der Waals surface area (Å²) in [5.41, 5.74) is -3.83. The zero-order chi connectivity index (χ0) is 20.3. The fraction of sp³-hybridized carbons (Fsp3) is 0.235. The Bertz CT molecular complexity index is 898. The Morgan fingerprint density at radius 3 is 2.11 bits per heavy atom. The second-order valence-electron chi connectivity index (χ2n) is 5.56. The quantitative estimate of drug-likeness (QED) is 0.722. The van der Waals surface area contributed by atoms with Crippen LogP contribution >= 0.6 is 0 Å². The lowest BCUT2D eigenvalue weighted by Gasteiger charge is -2.31. The Morgan fingerprint density at radius 2 is 1.63 bits per heavy atom. The molecule has 0 aliphatic carbocycles. The summed E-state index contributed by atoms with van der Waals surface area (Å²) in [7, 11) is -3.22. The van der Waals surface area contributed by atoms with Gasteiger partial charge in [-0.05, 0) is 29.8 Å². The van der Waals surface area contributed by atoms with E-state index >= 15 is 0 Å². The molecule has 0 fully saturated rings. The highest BCUT2D eigenvalue weighted by Crippen LogP contribution is 2.38. The zero-order valence-corrected chi connectivity index (χ0v) is 14.8. The minimum atomic E-state index is -5.12. The molecule has 0 saturated heterocycles. The molecule has 0 aliphatic heterocycles. The number of alkyl halides is 3. The van der Waals surface area contributed by atoms with Gasteiger partial charge in [0.1, 0.15) is 0 Å². The smallest absolute Gasteiger partial charge is 0.422 e. The number of methoxy groups -OCH3 is 1. The summed E-state index contributed by atoms with van der Waals surface area (Å²) >= 11 is 0. The van der Waals surface area contributed by atoms with Gasteiger partial charge in [-0.3, -0.25) is 0 Å². The number of rotatable bonds is 6. The van der Waals surface area contributed by atoms with E-state index < -0.39 is 39.9 Å². The largest absolute Gasteiger partial charge is 0.465 e. The first-order valence-electron chi connectivity index (χ1n) is 7.54. The first-order chi connectivity index (χ1) is 12.5. The molecule has 0 aromatic heterocycles. The minimum absolute atomic E-state index is 0.0764. The lowest BCUT2D eigenvalue weighted by Crippen LogP contribution is -2.51. The van der Waals surface area contributed by atoms with Gasteiger partial charge in [-0.25, -0.2) is 17.9 Å². The van der Waals surface area contributed by atoms with E-state index in [0.29, 0.717) is 0 Å². The number of hydrogen-bond acceptors (Lipinski definition) is 5. The third-order valence-electron chi connectivity index (χ3n) is 3.82. The number of aliphatic hydroxyl groups is 1. The van der Waals surface area contributed by atoms with Crippen LogP contribution in [0.1, 0.15) is 15.9 Å². The van der Waals surface area contributed by atoms with Gasteiger partial charge in [0.25, 0.3) is 0 Å². The van der Waals surface area contributed by atoms with Gasteiger partial charge in [0.15, 0.2) is 5.60 Å². The number of ether oxygens (including phenoxy) is 1. The van der Waals surface area contributed by atoms with Crippen LogP contribution in [0.3, 0.4) is 0 Å². The molecule has 1 atom stereocenters. The predicted molar refractivity (Wildman–Crippen MR) is 89.4 cm³/mol. The molecule has 0 radical (unpaired) electrons. The molecule has 0 spiro atoms. The first kappa shape index (κ1) is 20.9. The Balaban J connectivity index is 2.27. The van der Waals surface area contributed by atoms with E-state index in [1.807, 2.05) is 0 Å². The lowest BCUT2D eigenvalue weighted by molar-refractivity contribution is -0.263. The third-order valence-corrected chi connectivity index (χ3v) is 5.24.